The molecule has 0 atom stereocenters. The summed E-state index contributed by atoms with van der Waals surface area (Å²) in [5, 5.41) is 3.41. The van der Waals surface area contributed by atoms with Crippen LogP contribution >= 0.6 is 15.9 Å². The number of anilines is 1. The first-order valence-corrected chi connectivity index (χ1v) is 7.56. The highest BCUT2D eigenvalue weighted by Gasteiger charge is 2.05. The highest BCUT2D eigenvalue weighted by Crippen LogP contribution is 2.25. The van der Waals surface area contributed by atoms with Gasteiger partial charge in [0.2, 0.25) is 0 Å². The van der Waals surface area contributed by atoms with Gasteiger partial charge in [0.25, 0.3) is 0 Å². The third-order valence-corrected chi connectivity index (χ3v) is 3.45. The molecule has 1 heterocycles. The number of nitrogens with one attached hydrogen (secondary N) is 1. The van der Waals surface area contributed by atoms with Gasteiger partial charge in [0.1, 0.15) is 5.75 Å². The van der Waals surface area contributed by atoms with Crippen LogP contribution in [0.4, 0.5) is 5.69 Å². The summed E-state index contributed by atoms with van der Waals surface area (Å²) in [5.74, 6) is 0.934. The maximum absolute atomic E-state index is 5.78. The van der Waals surface area contributed by atoms with Gasteiger partial charge >= 0.3 is 0 Å². The molecule has 0 radical (unpaired) electrons. The predicted octanol–water partition coefficient (Wildman–Crippen LogP) is 4.55. The monoisotopic (exact) mass is 334 g/mol. The minimum absolute atomic E-state index is 0.713. The topological polar surface area (TPSA) is 34.1 Å². The molecule has 0 aliphatic heterocycles. The van der Waals surface area contributed by atoms with Gasteiger partial charge in [0, 0.05) is 22.8 Å². The van der Waals surface area contributed by atoms with Crippen LogP contribution < -0.4 is 10.1 Å². The van der Waals surface area contributed by atoms with E-state index in [1.807, 2.05) is 31.2 Å². The van der Waals surface area contributed by atoms with Crippen LogP contribution in [0.3, 0.4) is 0 Å². The highest BCUT2D eigenvalue weighted by molar-refractivity contribution is 9.10. The number of aryl methyl sites for hydroxylation is 1. The van der Waals surface area contributed by atoms with Crippen molar-refractivity contribution in [3.05, 3.63) is 52.3 Å². The lowest BCUT2D eigenvalue weighted by atomic mass is 10.2. The number of nitrogens with zero attached hydrogens (tertiary/aromatic N) is 1. The van der Waals surface area contributed by atoms with Crippen LogP contribution in [0.5, 0.6) is 5.75 Å². The second-order valence-corrected chi connectivity index (χ2v) is 5.51. The fourth-order valence-electron chi connectivity index (χ4n) is 1.90. The lowest BCUT2D eigenvalue weighted by Crippen LogP contribution is -2.05. The number of hydrogen-bond donors (Lipinski definition) is 1. The molecule has 20 heavy (non-hydrogen) atoms. The Morgan fingerprint density at radius 3 is 2.90 bits per heavy atom. The minimum atomic E-state index is 0.713. The highest BCUT2D eigenvalue weighted by atomic mass is 79.9. The zero-order valence-corrected chi connectivity index (χ0v) is 13.4. The maximum atomic E-state index is 5.78. The number of rotatable bonds is 6. The van der Waals surface area contributed by atoms with Crippen molar-refractivity contribution in [2.45, 2.75) is 26.8 Å². The Morgan fingerprint density at radius 1 is 1.30 bits per heavy atom. The Kier molecular flexibility index (Phi) is 5.41. The van der Waals surface area contributed by atoms with Crippen LogP contribution in [0.15, 0.2) is 41.0 Å². The first-order chi connectivity index (χ1) is 9.70. The molecule has 0 aliphatic carbocycles. The Bertz CT molecular complexity index is 572. The van der Waals surface area contributed by atoms with Gasteiger partial charge in [-0.1, -0.05) is 22.9 Å². The Labute approximate surface area is 128 Å². The first-order valence-electron chi connectivity index (χ1n) is 6.77. The number of halogens is 1. The molecule has 0 saturated heterocycles. The van der Waals surface area contributed by atoms with Crippen molar-refractivity contribution < 1.29 is 4.74 Å². The van der Waals surface area contributed by atoms with Crippen molar-refractivity contribution in [3.63, 3.8) is 0 Å². The van der Waals surface area contributed by atoms with E-state index in [9.17, 15) is 0 Å². The van der Waals surface area contributed by atoms with E-state index in [0.717, 1.165) is 40.2 Å². The Hall–Kier alpha value is -1.55. The molecule has 1 aromatic heterocycles. The van der Waals surface area contributed by atoms with Crippen LogP contribution in [0.2, 0.25) is 0 Å². The molecule has 0 spiro atoms. The molecule has 106 valence electrons. The number of benzene rings is 1. The summed E-state index contributed by atoms with van der Waals surface area (Å²) in [6.45, 7) is 5.55. The molecule has 2 aromatic rings. The summed E-state index contributed by atoms with van der Waals surface area (Å²) in [4.78, 5) is 4.28. The van der Waals surface area contributed by atoms with Crippen molar-refractivity contribution in [3.8, 4) is 5.75 Å². The van der Waals surface area contributed by atoms with E-state index < -0.39 is 0 Å². The van der Waals surface area contributed by atoms with Gasteiger partial charge in [-0.05, 0) is 43.7 Å². The van der Waals surface area contributed by atoms with Crippen molar-refractivity contribution in [2.24, 2.45) is 0 Å². The minimum Gasteiger partial charge on any atom is -0.493 e. The van der Waals surface area contributed by atoms with Gasteiger partial charge in [-0.15, -0.1) is 0 Å². The number of hydrogen-bond acceptors (Lipinski definition) is 3. The number of aromatic nitrogens is 1. The molecule has 3 nitrogen and oxygen atoms in total. The zero-order chi connectivity index (χ0) is 14.4. The predicted molar refractivity (Wildman–Crippen MR) is 86.2 cm³/mol. The van der Waals surface area contributed by atoms with Crippen molar-refractivity contribution in [1.82, 2.24) is 4.98 Å². The smallest absolute Gasteiger partial charge is 0.124 e. The summed E-state index contributed by atoms with van der Waals surface area (Å²) < 4.78 is 6.84. The lowest BCUT2D eigenvalue weighted by Gasteiger charge is -2.13. The largest absolute Gasteiger partial charge is 0.493 e. The van der Waals surface area contributed by atoms with E-state index in [4.69, 9.17) is 4.74 Å². The second kappa shape index (κ2) is 7.29. The van der Waals surface area contributed by atoms with E-state index in [1.54, 1.807) is 6.20 Å². The van der Waals surface area contributed by atoms with Gasteiger partial charge in [-0.25, -0.2) is 0 Å². The van der Waals surface area contributed by atoms with Crippen LogP contribution in [0.25, 0.3) is 0 Å². The molecule has 4 heteroatoms. The van der Waals surface area contributed by atoms with Crippen LogP contribution in [-0.4, -0.2) is 11.6 Å². The molecule has 0 saturated carbocycles. The second-order valence-electron chi connectivity index (χ2n) is 4.59. The molecule has 2 rings (SSSR count). The van der Waals surface area contributed by atoms with Crippen LogP contribution in [0, 0.1) is 6.92 Å². The van der Waals surface area contributed by atoms with E-state index in [1.165, 1.54) is 0 Å². The molecule has 0 bridgehead atoms. The Morgan fingerprint density at radius 2 is 2.15 bits per heavy atom. The molecular formula is C16H19BrN2O. The quantitative estimate of drug-likeness (QED) is 0.841. The van der Waals surface area contributed by atoms with Crippen molar-refractivity contribution in [1.29, 1.82) is 0 Å². The van der Waals surface area contributed by atoms with Crippen LogP contribution in [-0.2, 0) is 6.54 Å². The summed E-state index contributed by atoms with van der Waals surface area (Å²) in [6.07, 6.45) is 2.81. The Balaban J connectivity index is 2.11. The molecule has 0 unspecified atom stereocenters. The molecule has 0 fully saturated rings. The zero-order valence-electron chi connectivity index (χ0n) is 11.8. The van der Waals surface area contributed by atoms with Crippen LogP contribution in [0.1, 0.15) is 24.6 Å². The normalized spacial score (nSPS) is 10.3. The van der Waals surface area contributed by atoms with Gasteiger partial charge < -0.3 is 10.1 Å². The average Bonchev–Trinajstić information content (AvgIpc) is 2.45. The number of pyridine rings is 1. The third kappa shape index (κ3) is 3.97. The summed E-state index contributed by atoms with van der Waals surface area (Å²) in [5.41, 5.74) is 3.18. The number of ether oxygens (including phenoxy) is 1. The molecule has 1 N–H and O–H groups in total. The first kappa shape index (κ1) is 14.9. The summed E-state index contributed by atoms with van der Waals surface area (Å²) in [6, 6.07) is 10.1. The average molecular weight is 335 g/mol. The summed E-state index contributed by atoms with van der Waals surface area (Å²) >= 11 is 3.51. The standard InChI is InChI=1S/C16H19BrN2O/c1-3-9-20-16-7-6-14(17)10-13(16)11-19-15-5-4-8-18-12(15)2/h4-8,10,19H,3,9,11H2,1-2H3. The van der Waals surface area contributed by atoms with E-state index in [0.29, 0.717) is 6.54 Å². The molecule has 0 amide bonds. The van der Waals surface area contributed by atoms with E-state index in [-0.39, 0.29) is 0 Å². The van der Waals surface area contributed by atoms with Crippen molar-refractivity contribution in [2.75, 3.05) is 11.9 Å². The third-order valence-electron chi connectivity index (χ3n) is 2.96. The fraction of sp³-hybridized carbons (Fsp3) is 0.312. The van der Waals surface area contributed by atoms with Gasteiger partial charge in [0.05, 0.1) is 18.0 Å². The van der Waals surface area contributed by atoms with Gasteiger partial charge in [-0.3, -0.25) is 4.98 Å². The van der Waals surface area contributed by atoms with Gasteiger partial charge in [0.15, 0.2) is 0 Å². The van der Waals surface area contributed by atoms with E-state index >= 15 is 0 Å². The molecule has 0 aliphatic rings. The molecule has 1 aromatic carbocycles. The lowest BCUT2D eigenvalue weighted by molar-refractivity contribution is 0.314. The van der Waals surface area contributed by atoms with Crippen molar-refractivity contribution >= 4 is 21.6 Å². The SMILES string of the molecule is CCCOc1ccc(Br)cc1CNc1cccnc1C. The van der Waals surface area contributed by atoms with Gasteiger partial charge in [-0.2, -0.15) is 0 Å². The molecular weight excluding hydrogens is 316 g/mol. The maximum Gasteiger partial charge on any atom is 0.124 e. The summed E-state index contributed by atoms with van der Waals surface area (Å²) in [7, 11) is 0. The van der Waals surface area contributed by atoms with E-state index in [2.05, 4.69) is 39.2 Å². The fourth-order valence-corrected chi connectivity index (χ4v) is 2.31.